The number of carbonyl (C=O) groups is 1. The van der Waals surface area contributed by atoms with Gasteiger partial charge in [0.1, 0.15) is 11.3 Å². The number of pyridine rings is 1. The molecule has 0 aliphatic rings. The number of furan rings is 1. The molecular weight excluding hydrogens is 400 g/mol. The molecular formula is C26H20N4O2. The van der Waals surface area contributed by atoms with Crippen LogP contribution in [0.1, 0.15) is 11.1 Å². The summed E-state index contributed by atoms with van der Waals surface area (Å²) in [6, 6.07) is 23.4. The lowest BCUT2D eigenvalue weighted by molar-refractivity contribution is -0.116. The second kappa shape index (κ2) is 8.73. The van der Waals surface area contributed by atoms with Crippen LogP contribution < -0.4 is 5.32 Å². The van der Waals surface area contributed by atoms with Crippen molar-refractivity contribution in [1.29, 1.82) is 0 Å². The van der Waals surface area contributed by atoms with Gasteiger partial charge in [-0.05, 0) is 42.0 Å². The number of hydrogen-bond donors (Lipinski definition) is 1. The van der Waals surface area contributed by atoms with Gasteiger partial charge in [-0.2, -0.15) is 5.10 Å². The van der Waals surface area contributed by atoms with Crippen molar-refractivity contribution in [3.05, 3.63) is 109 Å². The molecule has 0 unspecified atom stereocenters. The Morgan fingerprint density at radius 3 is 2.69 bits per heavy atom. The Morgan fingerprint density at radius 1 is 1.03 bits per heavy atom. The molecule has 156 valence electrons. The first kappa shape index (κ1) is 19.5. The van der Waals surface area contributed by atoms with Crippen LogP contribution >= 0.6 is 0 Å². The zero-order valence-electron chi connectivity index (χ0n) is 17.2. The summed E-state index contributed by atoms with van der Waals surface area (Å²) in [6.07, 6.45) is 8.59. The molecule has 3 heterocycles. The third-order valence-corrected chi connectivity index (χ3v) is 5.03. The maximum absolute atomic E-state index is 12.4. The fraction of sp³-hybridized carbons (Fsp3) is 0.0385. The molecule has 0 radical (unpaired) electrons. The molecule has 0 bridgehead atoms. The minimum atomic E-state index is -0.197. The van der Waals surface area contributed by atoms with Crippen LogP contribution in [-0.4, -0.2) is 20.7 Å². The van der Waals surface area contributed by atoms with Crippen LogP contribution in [0, 0.1) is 0 Å². The maximum atomic E-state index is 12.4. The van der Waals surface area contributed by atoms with Crippen molar-refractivity contribution >= 4 is 23.0 Å². The number of aromatic nitrogens is 3. The molecule has 1 N–H and O–H groups in total. The van der Waals surface area contributed by atoms with E-state index in [9.17, 15) is 4.79 Å². The Labute approximate surface area is 184 Å². The Balaban J connectivity index is 1.45. The van der Waals surface area contributed by atoms with Gasteiger partial charge in [0.05, 0.1) is 5.69 Å². The normalized spacial score (nSPS) is 11.2. The van der Waals surface area contributed by atoms with Gasteiger partial charge in [0, 0.05) is 42.2 Å². The fourth-order valence-corrected chi connectivity index (χ4v) is 3.43. The van der Waals surface area contributed by atoms with Gasteiger partial charge < -0.3 is 9.73 Å². The van der Waals surface area contributed by atoms with Gasteiger partial charge in [0.25, 0.3) is 0 Å². The molecule has 6 nitrogen and oxygen atoms in total. The van der Waals surface area contributed by atoms with Crippen molar-refractivity contribution in [3.8, 4) is 17.1 Å². The molecule has 6 heteroatoms. The van der Waals surface area contributed by atoms with E-state index in [0.29, 0.717) is 18.0 Å². The summed E-state index contributed by atoms with van der Waals surface area (Å²) < 4.78 is 7.83. The highest BCUT2D eigenvalue weighted by Crippen LogP contribution is 2.30. The number of hydrogen-bond acceptors (Lipinski definition) is 4. The highest BCUT2D eigenvalue weighted by molar-refractivity contribution is 5.93. The first-order valence-corrected chi connectivity index (χ1v) is 10.3. The van der Waals surface area contributed by atoms with Gasteiger partial charge in [-0.3, -0.25) is 9.78 Å². The Bertz CT molecular complexity index is 1350. The second-order valence-electron chi connectivity index (χ2n) is 7.27. The first-order valence-electron chi connectivity index (χ1n) is 10.3. The number of carbonyl (C=O) groups excluding carboxylic acids is 1. The second-order valence-corrected chi connectivity index (χ2v) is 7.27. The van der Waals surface area contributed by atoms with Gasteiger partial charge in [-0.1, -0.05) is 42.5 Å². The maximum Gasteiger partial charge on any atom is 0.244 e. The van der Waals surface area contributed by atoms with Crippen molar-refractivity contribution in [2.45, 2.75) is 6.54 Å². The molecule has 0 fully saturated rings. The minimum absolute atomic E-state index is 0.197. The number of amides is 1. The average molecular weight is 420 g/mol. The minimum Gasteiger partial charge on any atom is -0.454 e. The van der Waals surface area contributed by atoms with Crippen molar-refractivity contribution < 1.29 is 9.21 Å². The molecule has 0 saturated carbocycles. The van der Waals surface area contributed by atoms with Crippen molar-refractivity contribution in [2.75, 3.05) is 0 Å². The summed E-state index contributed by atoms with van der Waals surface area (Å²) in [5.74, 6) is 0.452. The lowest BCUT2D eigenvalue weighted by Crippen LogP contribution is -2.20. The summed E-state index contributed by atoms with van der Waals surface area (Å²) in [4.78, 5) is 16.4. The molecule has 2 aromatic carbocycles. The first-order chi connectivity index (χ1) is 15.8. The number of fused-ring (bicyclic) bond motifs is 1. The van der Waals surface area contributed by atoms with E-state index in [-0.39, 0.29) is 5.91 Å². The Kier molecular flexibility index (Phi) is 5.32. The summed E-state index contributed by atoms with van der Waals surface area (Å²) in [5.41, 5.74) is 4.10. The topological polar surface area (TPSA) is 73.0 Å². The molecule has 5 aromatic rings. The summed E-state index contributed by atoms with van der Waals surface area (Å²) >= 11 is 0. The zero-order valence-corrected chi connectivity index (χ0v) is 17.2. The third kappa shape index (κ3) is 4.20. The number of rotatable bonds is 6. The lowest BCUT2D eigenvalue weighted by Gasteiger charge is -2.01. The van der Waals surface area contributed by atoms with Crippen LogP contribution in [0.5, 0.6) is 0 Å². The van der Waals surface area contributed by atoms with Gasteiger partial charge >= 0.3 is 0 Å². The molecule has 0 spiro atoms. The number of para-hydroxylation sites is 2. The van der Waals surface area contributed by atoms with Crippen molar-refractivity contribution in [3.63, 3.8) is 0 Å². The molecule has 32 heavy (non-hydrogen) atoms. The van der Waals surface area contributed by atoms with Gasteiger partial charge in [0.15, 0.2) is 5.76 Å². The monoisotopic (exact) mass is 420 g/mol. The Hall–Kier alpha value is -4.45. The summed E-state index contributed by atoms with van der Waals surface area (Å²) in [7, 11) is 0. The van der Waals surface area contributed by atoms with Crippen LogP contribution in [0.2, 0.25) is 0 Å². The molecule has 3 aromatic heterocycles. The van der Waals surface area contributed by atoms with E-state index in [1.807, 2.05) is 79.0 Å². The quantitative estimate of drug-likeness (QED) is 0.392. The smallest absolute Gasteiger partial charge is 0.244 e. The summed E-state index contributed by atoms with van der Waals surface area (Å²) in [5, 5.41) is 8.62. The highest BCUT2D eigenvalue weighted by Gasteiger charge is 2.15. The molecule has 0 saturated heterocycles. The third-order valence-electron chi connectivity index (χ3n) is 5.03. The number of nitrogens with one attached hydrogen (secondary N) is 1. The lowest BCUT2D eigenvalue weighted by atomic mass is 10.2. The van der Waals surface area contributed by atoms with E-state index in [4.69, 9.17) is 9.52 Å². The SMILES string of the molecule is O=C(C=Cc1cn(-c2ccccc2)nc1-c1cc2ccccc2o1)NCc1cccnc1. The number of nitrogens with zero attached hydrogens (tertiary/aromatic N) is 3. The highest BCUT2D eigenvalue weighted by atomic mass is 16.3. The van der Waals surface area contributed by atoms with Gasteiger partial charge in [-0.25, -0.2) is 4.68 Å². The van der Waals surface area contributed by atoms with E-state index in [1.54, 1.807) is 23.2 Å². The molecule has 0 aliphatic heterocycles. The van der Waals surface area contributed by atoms with Gasteiger partial charge in [-0.15, -0.1) is 0 Å². The van der Waals surface area contributed by atoms with Crippen LogP contribution in [0.25, 0.3) is 34.2 Å². The predicted molar refractivity (Wildman–Crippen MR) is 124 cm³/mol. The van der Waals surface area contributed by atoms with Crippen molar-refractivity contribution in [1.82, 2.24) is 20.1 Å². The van der Waals surface area contributed by atoms with E-state index >= 15 is 0 Å². The average Bonchev–Trinajstić information content (AvgIpc) is 3.47. The fourth-order valence-electron chi connectivity index (χ4n) is 3.43. The zero-order chi connectivity index (χ0) is 21.8. The number of benzene rings is 2. The molecule has 1 amide bonds. The van der Waals surface area contributed by atoms with E-state index in [2.05, 4.69) is 10.3 Å². The molecule has 0 aliphatic carbocycles. The van der Waals surface area contributed by atoms with Crippen LogP contribution in [0.15, 0.2) is 102 Å². The van der Waals surface area contributed by atoms with E-state index < -0.39 is 0 Å². The van der Waals surface area contributed by atoms with Crippen LogP contribution in [-0.2, 0) is 11.3 Å². The largest absolute Gasteiger partial charge is 0.454 e. The van der Waals surface area contributed by atoms with Gasteiger partial charge in [0.2, 0.25) is 5.91 Å². The van der Waals surface area contributed by atoms with E-state index in [0.717, 1.165) is 27.8 Å². The Morgan fingerprint density at radius 2 is 1.88 bits per heavy atom. The van der Waals surface area contributed by atoms with Crippen LogP contribution in [0.4, 0.5) is 0 Å². The summed E-state index contributed by atoms with van der Waals surface area (Å²) in [6.45, 7) is 0.413. The predicted octanol–water partition coefficient (Wildman–Crippen LogP) is 5.01. The van der Waals surface area contributed by atoms with Crippen LogP contribution in [0.3, 0.4) is 0 Å². The standard InChI is InChI=1S/C26H20N4O2/c31-25(28-17-19-7-6-14-27-16-19)13-12-21-18-30(22-9-2-1-3-10-22)29-26(21)24-15-20-8-4-5-11-23(20)32-24/h1-16,18H,17H2,(H,28,31). The molecule has 0 atom stereocenters. The van der Waals surface area contributed by atoms with E-state index in [1.165, 1.54) is 6.08 Å². The van der Waals surface area contributed by atoms with Crippen molar-refractivity contribution in [2.24, 2.45) is 0 Å². The molecule has 5 rings (SSSR count).